The van der Waals surface area contributed by atoms with E-state index in [1.165, 1.54) is 31.3 Å². The number of amides is 2. The molecule has 9 nitrogen and oxygen atoms in total. The van der Waals surface area contributed by atoms with Crippen LogP contribution < -0.4 is 19.5 Å². The highest BCUT2D eigenvalue weighted by molar-refractivity contribution is 5.87. The van der Waals surface area contributed by atoms with Gasteiger partial charge in [0, 0.05) is 17.8 Å². The minimum atomic E-state index is -0.621. The maximum Gasteiger partial charge on any atom is 0.322 e. The van der Waals surface area contributed by atoms with E-state index in [0.717, 1.165) is 5.56 Å². The first-order chi connectivity index (χ1) is 16.9. The summed E-state index contributed by atoms with van der Waals surface area (Å²) in [7, 11) is 4.47. The number of benzene rings is 2. The van der Waals surface area contributed by atoms with Crippen molar-refractivity contribution in [3.8, 4) is 28.6 Å². The van der Waals surface area contributed by atoms with Crippen LogP contribution in [0.3, 0.4) is 0 Å². The second-order valence-corrected chi connectivity index (χ2v) is 7.67. The van der Waals surface area contributed by atoms with Gasteiger partial charge in [0.1, 0.15) is 0 Å². The Kier molecular flexibility index (Phi) is 6.72. The molecule has 0 saturated heterocycles. The summed E-state index contributed by atoms with van der Waals surface area (Å²) in [5, 5.41) is 7.04. The molecule has 0 spiro atoms. The molecule has 1 aliphatic heterocycles. The van der Waals surface area contributed by atoms with E-state index >= 15 is 0 Å². The zero-order chi connectivity index (χ0) is 25.1. The lowest BCUT2D eigenvalue weighted by molar-refractivity contribution is 0.209. The van der Waals surface area contributed by atoms with Gasteiger partial charge in [-0.15, -0.1) is 6.58 Å². The van der Waals surface area contributed by atoms with E-state index in [4.69, 9.17) is 18.7 Å². The average molecular weight is 480 g/mol. The zero-order valence-electron chi connectivity index (χ0n) is 19.8. The van der Waals surface area contributed by atoms with E-state index in [1.54, 1.807) is 38.3 Å². The van der Waals surface area contributed by atoms with Crippen LogP contribution in [-0.4, -0.2) is 48.9 Å². The number of carbonyl (C=O) groups excluding carboxylic acids is 1. The number of rotatable bonds is 8. The van der Waals surface area contributed by atoms with Gasteiger partial charge in [-0.3, -0.25) is 4.90 Å². The summed E-state index contributed by atoms with van der Waals surface area (Å²) in [6.07, 6.45) is 1.62. The van der Waals surface area contributed by atoms with Gasteiger partial charge in [-0.05, 0) is 42.8 Å². The Hall–Kier alpha value is -4.34. The van der Waals surface area contributed by atoms with Crippen molar-refractivity contribution < 1.29 is 27.9 Å². The average Bonchev–Trinajstić information content (AvgIpc) is 3.35. The van der Waals surface area contributed by atoms with Gasteiger partial charge in [0.05, 0.1) is 32.9 Å². The van der Waals surface area contributed by atoms with Gasteiger partial charge in [-0.2, -0.15) is 4.98 Å². The molecule has 182 valence electrons. The molecule has 3 aromatic rings. The lowest BCUT2D eigenvalue weighted by Gasteiger charge is -2.34. The minimum Gasteiger partial charge on any atom is -0.494 e. The number of hydrogen-bond donors (Lipinski definition) is 1. The Morgan fingerprint density at radius 3 is 2.49 bits per heavy atom. The van der Waals surface area contributed by atoms with Gasteiger partial charge in [-0.1, -0.05) is 17.3 Å². The monoisotopic (exact) mass is 480 g/mol. The highest BCUT2D eigenvalue weighted by Gasteiger charge is 2.35. The standard InChI is InChI=1S/C25H25FN4O5/c1-6-11-30-14(2)21(22(27-25(30)31)15-7-10-19(33-4)20(13-15)34-5)24-28-23(29-35-24)16-8-9-18(32-3)17(26)12-16/h6-10,12-13,22H,1,11H2,2-5H3,(H,27,31). The normalized spacial score (nSPS) is 15.6. The fraction of sp³-hybridized carbons (Fsp3) is 0.240. The molecule has 35 heavy (non-hydrogen) atoms. The van der Waals surface area contributed by atoms with Gasteiger partial charge >= 0.3 is 6.03 Å². The molecule has 0 saturated carbocycles. The van der Waals surface area contributed by atoms with E-state index < -0.39 is 11.9 Å². The van der Waals surface area contributed by atoms with Gasteiger partial charge < -0.3 is 24.1 Å². The van der Waals surface area contributed by atoms with Crippen LogP contribution in [0.25, 0.3) is 17.0 Å². The Bertz CT molecular complexity index is 1300. The molecular formula is C25H25FN4O5. The number of methoxy groups -OCH3 is 3. The summed E-state index contributed by atoms with van der Waals surface area (Å²) in [6, 6.07) is 8.82. The SMILES string of the molecule is C=CCN1C(=O)NC(c2ccc(OC)c(OC)c2)C(c2nc(-c3ccc(OC)c(F)c3)no2)=C1C. The Balaban J connectivity index is 1.82. The molecule has 0 aliphatic carbocycles. The maximum atomic E-state index is 14.2. The van der Waals surface area contributed by atoms with Crippen LogP contribution in [0.4, 0.5) is 9.18 Å². The molecule has 1 N–H and O–H groups in total. The number of urea groups is 1. The van der Waals surface area contributed by atoms with Gasteiger partial charge in [0.25, 0.3) is 5.89 Å². The smallest absolute Gasteiger partial charge is 0.322 e. The van der Waals surface area contributed by atoms with Gasteiger partial charge in [-0.25, -0.2) is 9.18 Å². The summed E-state index contributed by atoms with van der Waals surface area (Å²) < 4.78 is 35.6. The second-order valence-electron chi connectivity index (χ2n) is 7.67. The predicted molar refractivity (Wildman–Crippen MR) is 127 cm³/mol. The Morgan fingerprint density at radius 2 is 1.83 bits per heavy atom. The highest BCUT2D eigenvalue weighted by atomic mass is 19.1. The van der Waals surface area contributed by atoms with E-state index in [2.05, 4.69) is 22.0 Å². The van der Waals surface area contributed by atoms with Crippen molar-refractivity contribution >= 4 is 11.6 Å². The van der Waals surface area contributed by atoms with Crippen molar-refractivity contribution in [2.24, 2.45) is 0 Å². The molecule has 1 atom stereocenters. The van der Waals surface area contributed by atoms with Crippen LogP contribution in [0.5, 0.6) is 17.2 Å². The first kappa shape index (κ1) is 23.8. The number of nitrogens with one attached hydrogen (secondary N) is 1. The molecule has 4 rings (SSSR count). The van der Waals surface area contributed by atoms with Crippen LogP contribution in [-0.2, 0) is 0 Å². The number of carbonyl (C=O) groups is 1. The first-order valence-electron chi connectivity index (χ1n) is 10.7. The van der Waals surface area contributed by atoms with Crippen LogP contribution in [0, 0.1) is 5.82 Å². The summed E-state index contributed by atoms with van der Waals surface area (Å²) in [6.45, 7) is 5.81. The lowest BCUT2D eigenvalue weighted by atomic mass is 9.94. The van der Waals surface area contributed by atoms with Crippen LogP contribution in [0.1, 0.15) is 24.4 Å². The second kappa shape index (κ2) is 9.88. The van der Waals surface area contributed by atoms with Gasteiger partial charge in [0.2, 0.25) is 5.82 Å². The van der Waals surface area contributed by atoms with Crippen LogP contribution in [0.15, 0.2) is 59.3 Å². The molecule has 1 unspecified atom stereocenters. The van der Waals surface area contributed by atoms with Crippen LogP contribution in [0.2, 0.25) is 0 Å². The number of ether oxygens (including phenoxy) is 3. The molecule has 1 aliphatic rings. The van der Waals surface area contributed by atoms with E-state index in [1.807, 2.05) is 6.07 Å². The zero-order valence-corrected chi connectivity index (χ0v) is 19.8. The molecule has 10 heteroatoms. The number of nitrogens with zero attached hydrogens (tertiary/aromatic N) is 3. The third kappa shape index (κ3) is 4.42. The number of allylic oxidation sites excluding steroid dienone is 1. The topological polar surface area (TPSA) is 99.0 Å². The van der Waals surface area contributed by atoms with Crippen molar-refractivity contribution in [1.82, 2.24) is 20.4 Å². The van der Waals surface area contributed by atoms with Gasteiger partial charge in [0.15, 0.2) is 23.1 Å². The van der Waals surface area contributed by atoms with Crippen molar-refractivity contribution in [2.75, 3.05) is 27.9 Å². The number of aromatic nitrogens is 2. The molecule has 2 amide bonds. The minimum absolute atomic E-state index is 0.111. The molecule has 0 bridgehead atoms. The summed E-state index contributed by atoms with van der Waals surface area (Å²) in [4.78, 5) is 19.0. The fourth-order valence-corrected chi connectivity index (χ4v) is 3.95. The van der Waals surface area contributed by atoms with E-state index in [9.17, 15) is 9.18 Å². The lowest BCUT2D eigenvalue weighted by Crippen LogP contribution is -2.46. The summed E-state index contributed by atoms with van der Waals surface area (Å²) in [5.74, 6) is 1.000. The quantitative estimate of drug-likeness (QED) is 0.471. The molecule has 1 aromatic heterocycles. The third-order valence-electron chi connectivity index (χ3n) is 5.72. The molecule has 0 radical (unpaired) electrons. The summed E-state index contributed by atoms with van der Waals surface area (Å²) >= 11 is 0. The molecule has 2 heterocycles. The fourth-order valence-electron chi connectivity index (χ4n) is 3.95. The first-order valence-corrected chi connectivity index (χ1v) is 10.7. The van der Waals surface area contributed by atoms with Crippen molar-refractivity contribution in [2.45, 2.75) is 13.0 Å². The Labute approximate surface area is 201 Å². The number of hydrogen-bond acceptors (Lipinski definition) is 7. The van der Waals surface area contributed by atoms with Crippen molar-refractivity contribution in [3.63, 3.8) is 0 Å². The maximum absolute atomic E-state index is 14.2. The molecule has 2 aromatic carbocycles. The predicted octanol–water partition coefficient (Wildman–Crippen LogP) is 4.59. The molecule has 0 fully saturated rings. The van der Waals surface area contributed by atoms with Crippen molar-refractivity contribution in [3.05, 3.63) is 72.0 Å². The highest BCUT2D eigenvalue weighted by Crippen LogP contribution is 2.40. The summed E-state index contributed by atoms with van der Waals surface area (Å²) in [5.41, 5.74) is 2.34. The van der Waals surface area contributed by atoms with E-state index in [-0.39, 0.29) is 30.0 Å². The third-order valence-corrected chi connectivity index (χ3v) is 5.72. The van der Waals surface area contributed by atoms with Crippen LogP contribution >= 0.6 is 0 Å². The van der Waals surface area contributed by atoms with Crippen molar-refractivity contribution in [1.29, 1.82) is 0 Å². The number of halogens is 1. The molecular weight excluding hydrogens is 455 g/mol. The largest absolute Gasteiger partial charge is 0.494 e. The van der Waals surface area contributed by atoms with E-state index in [0.29, 0.717) is 28.3 Å². The Morgan fingerprint density at radius 1 is 1.11 bits per heavy atom.